The SMILES string of the molecule is C.CC(C)(C)c1cccc(C(C)(C)C)c1O.CCC(C)(SC(C)(CC)C(=O)O)C(=O)O. The molecule has 1 rings (SSSR count). The number of para-hydroxylation sites is 1. The molecule has 0 spiro atoms. The lowest BCUT2D eigenvalue weighted by atomic mass is 9.80. The highest BCUT2D eigenvalue weighted by Gasteiger charge is 2.43. The molecule has 0 saturated carbocycles. The van der Waals surface area contributed by atoms with Gasteiger partial charge in [0.05, 0.1) is 0 Å². The van der Waals surface area contributed by atoms with Crippen molar-refractivity contribution in [2.24, 2.45) is 0 Å². The number of rotatable bonds is 6. The van der Waals surface area contributed by atoms with Gasteiger partial charge in [-0.15, -0.1) is 11.8 Å². The zero-order valence-corrected chi connectivity index (χ0v) is 21.0. The van der Waals surface area contributed by atoms with Crippen molar-refractivity contribution in [3.63, 3.8) is 0 Å². The summed E-state index contributed by atoms with van der Waals surface area (Å²) in [6, 6.07) is 6.04. The molecule has 0 aromatic heterocycles. The smallest absolute Gasteiger partial charge is 0.319 e. The van der Waals surface area contributed by atoms with Gasteiger partial charge in [-0.2, -0.15) is 0 Å². The predicted molar refractivity (Wildman–Crippen MR) is 132 cm³/mol. The molecule has 1 aromatic carbocycles. The molecule has 0 radical (unpaired) electrons. The molecular weight excluding hydrogens is 412 g/mol. The molecule has 0 aliphatic carbocycles. The van der Waals surface area contributed by atoms with Gasteiger partial charge in [-0.05, 0) is 48.6 Å². The average molecular weight is 457 g/mol. The minimum atomic E-state index is -1.04. The first-order valence-corrected chi connectivity index (χ1v) is 11.2. The number of phenolic OH excluding ortho intramolecular Hbond substituents is 1. The first kappa shape index (κ1) is 31.5. The third kappa shape index (κ3) is 8.40. The molecule has 1 aromatic rings. The molecule has 0 aliphatic rings. The maximum absolute atomic E-state index is 11.1. The summed E-state index contributed by atoms with van der Waals surface area (Å²) < 4.78 is -2.08. The van der Waals surface area contributed by atoms with E-state index in [9.17, 15) is 14.7 Å². The maximum Gasteiger partial charge on any atom is 0.319 e. The van der Waals surface area contributed by atoms with Gasteiger partial charge in [-0.1, -0.05) is 81.0 Å². The van der Waals surface area contributed by atoms with Gasteiger partial charge in [0.15, 0.2) is 0 Å². The quantitative estimate of drug-likeness (QED) is 0.433. The number of hydrogen-bond acceptors (Lipinski definition) is 4. The van der Waals surface area contributed by atoms with Gasteiger partial charge in [0.2, 0.25) is 0 Å². The Morgan fingerprint density at radius 1 is 0.774 bits per heavy atom. The minimum absolute atomic E-state index is 0. The largest absolute Gasteiger partial charge is 0.507 e. The van der Waals surface area contributed by atoms with Crippen molar-refractivity contribution in [1.82, 2.24) is 0 Å². The Hall–Kier alpha value is -1.69. The zero-order chi connectivity index (χ0) is 24.1. The monoisotopic (exact) mass is 456 g/mol. The summed E-state index contributed by atoms with van der Waals surface area (Å²) in [5.74, 6) is -1.47. The highest BCUT2D eigenvalue weighted by Crippen LogP contribution is 2.41. The van der Waals surface area contributed by atoms with Crippen LogP contribution in [0.25, 0.3) is 0 Å². The Kier molecular flexibility index (Phi) is 11.4. The number of hydrogen-bond donors (Lipinski definition) is 3. The first-order chi connectivity index (χ1) is 13.4. The van der Waals surface area contributed by atoms with Crippen molar-refractivity contribution >= 4 is 23.7 Å². The fourth-order valence-corrected chi connectivity index (χ4v) is 4.24. The summed E-state index contributed by atoms with van der Waals surface area (Å²) in [7, 11) is 0. The number of carboxylic acid groups (broad SMARTS) is 2. The summed E-state index contributed by atoms with van der Waals surface area (Å²) in [6.07, 6.45) is 0.797. The lowest BCUT2D eigenvalue weighted by Crippen LogP contribution is -2.41. The highest BCUT2D eigenvalue weighted by atomic mass is 32.2. The van der Waals surface area contributed by atoms with E-state index in [2.05, 4.69) is 41.5 Å². The first-order valence-electron chi connectivity index (χ1n) is 10.4. The van der Waals surface area contributed by atoms with E-state index in [4.69, 9.17) is 10.2 Å². The zero-order valence-electron chi connectivity index (χ0n) is 20.2. The summed E-state index contributed by atoms with van der Waals surface area (Å²) >= 11 is 1.01. The van der Waals surface area contributed by atoms with Gasteiger partial charge < -0.3 is 15.3 Å². The number of carboxylic acids is 2. The van der Waals surface area contributed by atoms with Gasteiger partial charge in [-0.25, -0.2) is 0 Å². The Bertz CT molecular complexity index is 687. The number of carbonyl (C=O) groups is 2. The Balaban J connectivity index is 0. The molecule has 6 heteroatoms. The van der Waals surface area contributed by atoms with Crippen LogP contribution in [-0.4, -0.2) is 36.8 Å². The molecule has 0 aliphatic heterocycles. The van der Waals surface area contributed by atoms with Crippen molar-refractivity contribution in [2.75, 3.05) is 0 Å². The van der Waals surface area contributed by atoms with Crippen molar-refractivity contribution in [3.05, 3.63) is 29.3 Å². The van der Waals surface area contributed by atoms with Gasteiger partial charge in [0, 0.05) is 0 Å². The number of benzene rings is 1. The van der Waals surface area contributed by atoms with Crippen molar-refractivity contribution in [2.45, 2.75) is 110 Å². The summed E-state index contributed by atoms with van der Waals surface area (Å²) in [5.41, 5.74) is 2.03. The van der Waals surface area contributed by atoms with Crippen molar-refractivity contribution in [1.29, 1.82) is 0 Å². The second-order valence-corrected chi connectivity index (χ2v) is 12.1. The van der Waals surface area contributed by atoms with Crippen LogP contribution in [0.3, 0.4) is 0 Å². The van der Waals surface area contributed by atoms with Crippen LogP contribution >= 0.6 is 11.8 Å². The van der Waals surface area contributed by atoms with E-state index in [1.54, 1.807) is 27.7 Å². The molecule has 0 heterocycles. The molecule has 0 amide bonds. The summed E-state index contributed by atoms with van der Waals surface area (Å²) in [6.45, 7) is 19.3. The topological polar surface area (TPSA) is 94.8 Å². The number of thioether (sulfide) groups is 1. The Labute approximate surface area is 193 Å². The van der Waals surface area contributed by atoms with E-state index in [0.29, 0.717) is 18.6 Å². The lowest BCUT2D eigenvalue weighted by molar-refractivity contribution is -0.139. The van der Waals surface area contributed by atoms with Crippen molar-refractivity contribution in [3.8, 4) is 5.75 Å². The van der Waals surface area contributed by atoms with Gasteiger partial charge in [0.25, 0.3) is 0 Å². The van der Waals surface area contributed by atoms with E-state index in [1.165, 1.54) is 0 Å². The molecule has 3 N–H and O–H groups in total. The molecule has 2 atom stereocenters. The van der Waals surface area contributed by atoms with Crippen LogP contribution in [-0.2, 0) is 20.4 Å². The molecule has 0 bridgehead atoms. The van der Waals surface area contributed by atoms with E-state index in [1.807, 2.05) is 18.2 Å². The minimum Gasteiger partial charge on any atom is -0.507 e. The molecule has 180 valence electrons. The summed E-state index contributed by atoms with van der Waals surface area (Å²) in [4.78, 5) is 22.1. The Morgan fingerprint density at radius 3 is 1.26 bits per heavy atom. The third-order valence-electron chi connectivity index (χ3n) is 5.36. The van der Waals surface area contributed by atoms with Gasteiger partial charge in [-0.3, -0.25) is 9.59 Å². The van der Waals surface area contributed by atoms with Crippen LogP contribution in [0, 0.1) is 0 Å². The summed E-state index contributed by atoms with van der Waals surface area (Å²) in [5, 5.41) is 28.4. The molecule has 31 heavy (non-hydrogen) atoms. The standard InChI is InChI=1S/C14H22O.C10H18O4S.CH4/c1-13(2,3)10-8-7-9-11(12(10)15)14(4,5)6;1-5-9(3,7(11)12)15-10(4,6-2)8(13)14;/h7-9,15H,1-6H3;5-6H2,1-4H3,(H,11,12)(H,13,14);1H4. The van der Waals surface area contributed by atoms with Crippen molar-refractivity contribution < 1.29 is 24.9 Å². The molecule has 5 nitrogen and oxygen atoms in total. The van der Waals surface area contributed by atoms with E-state index in [-0.39, 0.29) is 18.3 Å². The predicted octanol–water partition coefficient (Wildman–Crippen LogP) is 6.85. The van der Waals surface area contributed by atoms with Crippen LogP contribution in [0.4, 0.5) is 0 Å². The van der Waals surface area contributed by atoms with Crippen LogP contribution in [0.15, 0.2) is 18.2 Å². The fourth-order valence-electron chi connectivity index (χ4n) is 2.79. The number of aliphatic carboxylic acids is 2. The maximum atomic E-state index is 11.1. The van der Waals surface area contributed by atoms with Gasteiger partial charge in [0.1, 0.15) is 15.2 Å². The fraction of sp³-hybridized carbons (Fsp3) is 0.680. The third-order valence-corrected chi connectivity index (χ3v) is 7.18. The second kappa shape index (κ2) is 11.3. The van der Waals surface area contributed by atoms with Crippen LogP contribution in [0.5, 0.6) is 5.75 Å². The van der Waals surface area contributed by atoms with Crippen LogP contribution in [0.1, 0.15) is 101 Å². The molecule has 2 unspecified atom stereocenters. The lowest BCUT2D eigenvalue weighted by Gasteiger charge is -2.32. The van der Waals surface area contributed by atoms with Crippen LogP contribution < -0.4 is 0 Å². The van der Waals surface area contributed by atoms with E-state index in [0.717, 1.165) is 22.9 Å². The van der Waals surface area contributed by atoms with E-state index >= 15 is 0 Å². The highest BCUT2D eigenvalue weighted by molar-refractivity contribution is 8.03. The second-order valence-electron chi connectivity index (χ2n) is 10.1. The number of phenols is 1. The van der Waals surface area contributed by atoms with Gasteiger partial charge >= 0.3 is 11.9 Å². The van der Waals surface area contributed by atoms with E-state index < -0.39 is 21.4 Å². The Morgan fingerprint density at radius 2 is 1.06 bits per heavy atom. The normalized spacial score (nSPS) is 15.4. The molecule has 0 fully saturated rings. The van der Waals surface area contributed by atoms with Crippen LogP contribution in [0.2, 0.25) is 0 Å². The average Bonchev–Trinajstić information content (AvgIpc) is 2.59. The number of aromatic hydroxyl groups is 1. The molecule has 0 saturated heterocycles. The molecular formula is C25H44O5S.